The molecular weight excluding hydrogens is 396 g/mol. The quantitative estimate of drug-likeness (QED) is 0.514. The number of aromatic nitrogens is 2. The Kier molecular flexibility index (Phi) is 5.54. The van der Waals surface area contributed by atoms with E-state index in [1.54, 1.807) is 6.07 Å². The molecule has 1 aliphatic rings. The van der Waals surface area contributed by atoms with Gasteiger partial charge in [0.15, 0.2) is 11.6 Å². The van der Waals surface area contributed by atoms with Gasteiger partial charge in [0.05, 0.1) is 23.1 Å². The fourth-order valence-corrected chi connectivity index (χ4v) is 3.73. The summed E-state index contributed by atoms with van der Waals surface area (Å²) in [5.74, 6) is -1.35. The molecule has 0 N–H and O–H groups in total. The zero-order chi connectivity index (χ0) is 20.5. The maximum absolute atomic E-state index is 14.2. The summed E-state index contributed by atoms with van der Waals surface area (Å²) in [5.41, 5.74) is 1.48. The van der Waals surface area contributed by atoms with Crippen molar-refractivity contribution in [1.82, 2.24) is 14.5 Å². The lowest BCUT2D eigenvalue weighted by Crippen LogP contribution is -2.33. The molecule has 0 bridgehead atoms. The van der Waals surface area contributed by atoms with Gasteiger partial charge < -0.3 is 9.47 Å². The standard InChI is InChI=1S/C22H22ClF2N3O/c1-2-10-27(22(29)16-4-3-5-17(24)21(16)25)13-20-26-18-9-8-15(23)11-19(18)28(20)12-14-6-7-14/h3-5,8-9,11,14H,2,6-7,10,12-13H2,1H3. The Labute approximate surface area is 173 Å². The number of hydrogen-bond acceptors (Lipinski definition) is 2. The number of fused-ring (bicyclic) bond motifs is 1. The third-order valence-electron chi connectivity index (χ3n) is 5.22. The average Bonchev–Trinajstić information content (AvgIpc) is 3.46. The number of carbonyl (C=O) groups is 1. The zero-order valence-corrected chi connectivity index (χ0v) is 16.9. The molecule has 1 saturated carbocycles. The molecule has 1 heterocycles. The molecule has 0 unspecified atom stereocenters. The highest BCUT2D eigenvalue weighted by Gasteiger charge is 2.27. The first kappa shape index (κ1) is 19.8. The van der Waals surface area contributed by atoms with E-state index in [1.807, 2.05) is 19.1 Å². The molecule has 4 nitrogen and oxygen atoms in total. The third-order valence-corrected chi connectivity index (χ3v) is 5.46. The number of amides is 1. The Morgan fingerprint density at radius 3 is 2.79 bits per heavy atom. The summed E-state index contributed by atoms with van der Waals surface area (Å²) in [6.45, 7) is 3.40. The lowest BCUT2D eigenvalue weighted by atomic mass is 10.1. The normalized spacial score (nSPS) is 13.8. The van der Waals surface area contributed by atoms with E-state index in [9.17, 15) is 13.6 Å². The number of halogens is 3. The summed E-state index contributed by atoms with van der Waals surface area (Å²) in [6.07, 6.45) is 3.04. The molecule has 0 spiro atoms. The predicted octanol–water partition coefficient (Wildman–Crippen LogP) is 5.43. The predicted molar refractivity (Wildman–Crippen MR) is 109 cm³/mol. The SMILES string of the molecule is CCCN(Cc1nc2ccc(Cl)cc2n1CC1CC1)C(=O)c1cccc(F)c1F. The van der Waals surface area contributed by atoms with Gasteiger partial charge in [-0.3, -0.25) is 4.79 Å². The molecule has 7 heteroatoms. The van der Waals surface area contributed by atoms with Crippen LogP contribution < -0.4 is 0 Å². The van der Waals surface area contributed by atoms with Crippen molar-refractivity contribution in [2.75, 3.05) is 6.54 Å². The van der Waals surface area contributed by atoms with Gasteiger partial charge in [0.25, 0.3) is 5.91 Å². The van der Waals surface area contributed by atoms with Crippen LogP contribution in [-0.4, -0.2) is 26.9 Å². The third kappa shape index (κ3) is 4.13. The molecule has 0 aliphatic heterocycles. The minimum absolute atomic E-state index is 0.224. The van der Waals surface area contributed by atoms with E-state index in [1.165, 1.54) is 29.9 Å². The van der Waals surface area contributed by atoms with Gasteiger partial charge in [-0.25, -0.2) is 13.8 Å². The molecule has 1 fully saturated rings. The zero-order valence-electron chi connectivity index (χ0n) is 16.2. The average molecular weight is 418 g/mol. The highest BCUT2D eigenvalue weighted by Crippen LogP contribution is 2.33. The van der Waals surface area contributed by atoms with Crippen molar-refractivity contribution in [2.24, 2.45) is 5.92 Å². The van der Waals surface area contributed by atoms with E-state index < -0.39 is 17.5 Å². The van der Waals surface area contributed by atoms with Crippen molar-refractivity contribution in [3.05, 3.63) is 64.4 Å². The van der Waals surface area contributed by atoms with Gasteiger partial charge in [0.2, 0.25) is 0 Å². The summed E-state index contributed by atoms with van der Waals surface area (Å²) in [7, 11) is 0. The van der Waals surface area contributed by atoms with Crippen LogP contribution in [0.15, 0.2) is 36.4 Å². The van der Waals surface area contributed by atoms with Crippen LogP contribution in [0.3, 0.4) is 0 Å². The second-order valence-corrected chi connectivity index (χ2v) is 7.98. The van der Waals surface area contributed by atoms with Gasteiger partial charge in [-0.05, 0) is 55.5 Å². The van der Waals surface area contributed by atoms with Crippen LogP contribution in [0, 0.1) is 17.6 Å². The fourth-order valence-electron chi connectivity index (χ4n) is 3.56. The van der Waals surface area contributed by atoms with Crippen LogP contribution in [0.4, 0.5) is 8.78 Å². The molecule has 4 rings (SSSR count). The maximum Gasteiger partial charge on any atom is 0.257 e. The summed E-state index contributed by atoms with van der Waals surface area (Å²) in [6, 6.07) is 9.21. The van der Waals surface area contributed by atoms with Crippen molar-refractivity contribution >= 4 is 28.5 Å². The van der Waals surface area contributed by atoms with Crippen LogP contribution in [0.1, 0.15) is 42.4 Å². The molecule has 0 radical (unpaired) electrons. The Bertz CT molecular complexity index is 1060. The lowest BCUT2D eigenvalue weighted by molar-refractivity contribution is 0.0731. The summed E-state index contributed by atoms with van der Waals surface area (Å²) in [5, 5.41) is 0.629. The minimum Gasteiger partial charge on any atom is -0.331 e. The molecule has 29 heavy (non-hydrogen) atoms. The Hall–Kier alpha value is -2.47. The van der Waals surface area contributed by atoms with E-state index >= 15 is 0 Å². The number of hydrogen-bond donors (Lipinski definition) is 0. The first-order valence-electron chi connectivity index (χ1n) is 9.86. The van der Waals surface area contributed by atoms with Crippen molar-refractivity contribution < 1.29 is 13.6 Å². The van der Waals surface area contributed by atoms with Gasteiger partial charge in [-0.2, -0.15) is 0 Å². The molecule has 3 aromatic rings. The Balaban J connectivity index is 1.70. The van der Waals surface area contributed by atoms with Crippen LogP contribution >= 0.6 is 11.6 Å². The first-order chi connectivity index (χ1) is 14.0. The lowest BCUT2D eigenvalue weighted by Gasteiger charge is -2.23. The van der Waals surface area contributed by atoms with Gasteiger partial charge >= 0.3 is 0 Å². The van der Waals surface area contributed by atoms with Crippen LogP contribution in [0.5, 0.6) is 0 Å². The Morgan fingerprint density at radius 2 is 2.07 bits per heavy atom. The van der Waals surface area contributed by atoms with Gasteiger partial charge in [-0.15, -0.1) is 0 Å². The second-order valence-electron chi connectivity index (χ2n) is 7.54. The number of carbonyl (C=O) groups excluding carboxylic acids is 1. The first-order valence-corrected chi connectivity index (χ1v) is 10.2. The van der Waals surface area contributed by atoms with Crippen LogP contribution in [0.25, 0.3) is 11.0 Å². The van der Waals surface area contributed by atoms with Crippen molar-refractivity contribution in [3.8, 4) is 0 Å². The van der Waals surface area contributed by atoms with Crippen molar-refractivity contribution in [1.29, 1.82) is 0 Å². The Morgan fingerprint density at radius 1 is 1.28 bits per heavy atom. The molecule has 0 saturated heterocycles. The highest BCUT2D eigenvalue weighted by molar-refractivity contribution is 6.31. The molecule has 1 aromatic heterocycles. The topological polar surface area (TPSA) is 38.1 Å². The number of imidazole rings is 1. The monoisotopic (exact) mass is 417 g/mol. The van der Waals surface area contributed by atoms with E-state index in [-0.39, 0.29) is 12.1 Å². The van der Waals surface area contributed by atoms with Crippen molar-refractivity contribution in [3.63, 3.8) is 0 Å². The summed E-state index contributed by atoms with van der Waals surface area (Å²) < 4.78 is 29.9. The van der Waals surface area contributed by atoms with Gasteiger partial charge in [0.1, 0.15) is 5.82 Å². The summed E-state index contributed by atoms with van der Waals surface area (Å²) >= 11 is 6.19. The second kappa shape index (κ2) is 8.11. The van der Waals surface area contributed by atoms with E-state index in [2.05, 4.69) is 4.57 Å². The van der Waals surface area contributed by atoms with Crippen LogP contribution in [0.2, 0.25) is 5.02 Å². The number of benzene rings is 2. The molecule has 2 aromatic carbocycles. The maximum atomic E-state index is 14.2. The smallest absolute Gasteiger partial charge is 0.257 e. The van der Waals surface area contributed by atoms with E-state index in [0.29, 0.717) is 23.9 Å². The molecule has 0 atom stereocenters. The molecular formula is C22H22ClF2N3O. The van der Waals surface area contributed by atoms with E-state index in [4.69, 9.17) is 16.6 Å². The van der Waals surface area contributed by atoms with Crippen LogP contribution in [-0.2, 0) is 13.1 Å². The highest BCUT2D eigenvalue weighted by atomic mass is 35.5. The van der Waals surface area contributed by atoms with Gasteiger partial charge in [-0.1, -0.05) is 24.6 Å². The molecule has 1 amide bonds. The minimum atomic E-state index is -1.11. The fraction of sp³-hybridized carbons (Fsp3) is 0.364. The molecule has 1 aliphatic carbocycles. The van der Waals surface area contributed by atoms with E-state index in [0.717, 1.165) is 29.5 Å². The molecule has 152 valence electrons. The van der Waals surface area contributed by atoms with Gasteiger partial charge in [0, 0.05) is 18.1 Å². The summed E-state index contributed by atoms with van der Waals surface area (Å²) in [4.78, 5) is 19.2. The van der Waals surface area contributed by atoms with Crippen molar-refractivity contribution in [2.45, 2.75) is 39.3 Å². The number of nitrogens with zero attached hydrogens (tertiary/aromatic N) is 3. The number of rotatable bonds is 7. The largest absolute Gasteiger partial charge is 0.331 e.